The molecule has 0 aromatic heterocycles. The van der Waals surface area contributed by atoms with Crippen LogP contribution in [0.3, 0.4) is 0 Å². The second kappa shape index (κ2) is 2.84. The minimum atomic E-state index is -2.62. The van der Waals surface area contributed by atoms with Gasteiger partial charge in [-0.2, -0.15) is 0 Å². The predicted molar refractivity (Wildman–Crippen MR) is 54.2 cm³/mol. The maximum absolute atomic E-state index is 11.6. The Morgan fingerprint density at radius 1 is 1.25 bits per heavy atom. The van der Waals surface area contributed by atoms with E-state index in [0.717, 1.165) is 5.56 Å². The molecule has 80 valence electrons. The fraction of sp³-hybridized carbons (Fsp3) is 0.182. The van der Waals surface area contributed by atoms with Gasteiger partial charge in [-0.25, -0.2) is 4.99 Å². The monoisotopic (exact) mass is 216 g/mol. The number of Topliss-reactive ketones (excluding diaryl/α,β-unsaturated/α-hetero) is 1. The zero-order valence-electron chi connectivity index (χ0n) is 8.21. The molecule has 2 aliphatic rings. The summed E-state index contributed by atoms with van der Waals surface area (Å²) in [6, 6.07) is 3.18. The topological polar surface area (TPSA) is 82.2 Å². The molecule has 1 aromatic carbocycles. The van der Waals surface area contributed by atoms with Crippen molar-refractivity contribution in [1.29, 1.82) is 0 Å². The van der Waals surface area contributed by atoms with E-state index in [-0.39, 0.29) is 5.56 Å². The van der Waals surface area contributed by atoms with Crippen molar-refractivity contribution in [3.8, 4) is 0 Å². The van der Waals surface area contributed by atoms with Crippen LogP contribution in [0, 0.1) is 0 Å². The van der Waals surface area contributed by atoms with Crippen LogP contribution in [0.1, 0.15) is 15.9 Å². The second-order valence-corrected chi connectivity index (χ2v) is 3.75. The molecule has 0 aliphatic carbocycles. The molecule has 3 rings (SSSR count). The zero-order chi connectivity index (χ0) is 11.3. The molecule has 0 saturated carbocycles. The number of hydrogen-bond donors (Lipinski definition) is 2. The van der Waals surface area contributed by atoms with E-state index in [4.69, 9.17) is 0 Å². The molecule has 2 N–H and O–H groups in total. The summed E-state index contributed by atoms with van der Waals surface area (Å²) < 4.78 is 0. The predicted octanol–water partition coefficient (Wildman–Crippen LogP) is -1.21. The average Bonchev–Trinajstić information content (AvgIpc) is 2.47. The largest absolute Gasteiger partial charge is 0.341 e. The Balaban J connectivity index is 2.35. The van der Waals surface area contributed by atoms with Gasteiger partial charge in [0.25, 0.3) is 0 Å². The van der Waals surface area contributed by atoms with Gasteiger partial charge in [-0.1, -0.05) is 12.2 Å². The number of ketones is 1. The van der Waals surface area contributed by atoms with Crippen molar-refractivity contribution >= 4 is 11.9 Å². The molecule has 16 heavy (non-hydrogen) atoms. The quantitative estimate of drug-likeness (QED) is 0.534. The van der Waals surface area contributed by atoms with E-state index < -0.39 is 11.7 Å². The molecule has 2 aliphatic heterocycles. The number of nitrogens with zero attached hydrogens (tertiary/aromatic N) is 2. The lowest BCUT2D eigenvalue weighted by molar-refractivity contribution is -0.112. The van der Waals surface area contributed by atoms with E-state index in [9.17, 15) is 15.0 Å². The summed E-state index contributed by atoms with van der Waals surface area (Å²) in [5.74, 6) is -3.41. The minimum Gasteiger partial charge on any atom is -0.341 e. The lowest BCUT2D eigenvalue weighted by Gasteiger charge is -2.07. The van der Waals surface area contributed by atoms with Crippen molar-refractivity contribution in [2.75, 3.05) is 6.54 Å². The normalized spacial score (nSPS) is 19.8. The van der Waals surface area contributed by atoms with Gasteiger partial charge in [0, 0.05) is 5.56 Å². The highest BCUT2D eigenvalue weighted by Crippen LogP contribution is 2.14. The van der Waals surface area contributed by atoms with Crippen LogP contribution >= 0.6 is 0 Å². The number of fused-ring (bicyclic) bond motifs is 2. The molecule has 2 heterocycles. The van der Waals surface area contributed by atoms with Crippen LogP contribution in [0.4, 0.5) is 0 Å². The van der Waals surface area contributed by atoms with E-state index in [0.29, 0.717) is 17.3 Å². The highest BCUT2D eigenvalue weighted by Gasteiger charge is 2.39. The number of carbonyl (C=O) groups is 1. The fourth-order valence-electron chi connectivity index (χ4n) is 1.87. The molecular formula is C11H8N2O3. The Labute approximate surface area is 90.1 Å². The van der Waals surface area contributed by atoms with Crippen molar-refractivity contribution < 1.29 is 15.0 Å². The molecule has 0 radical (unpaired) electrons. The first-order valence-corrected chi connectivity index (χ1v) is 4.82. The molecule has 0 atom stereocenters. The SMILES string of the molecule is O=C1c2cc3c(cc2=NC1(O)O)C=CCN=3. The van der Waals surface area contributed by atoms with Crippen molar-refractivity contribution in [1.82, 2.24) is 0 Å². The lowest BCUT2D eigenvalue weighted by atomic mass is 10.1. The fourth-order valence-corrected chi connectivity index (χ4v) is 1.87. The molecule has 0 bridgehead atoms. The van der Waals surface area contributed by atoms with Crippen LogP contribution in [0.5, 0.6) is 0 Å². The average molecular weight is 216 g/mol. The van der Waals surface area contributed by atoms with Crippen LogP contribution in [0.25, 0.3) is 6.08 Å². The number of aliphatic hydroxyl groups is 2. The summed E-state index contributed by atoms with van der Waals surface area (Å²) in [4.78, 5) is 19.3. The van der Waals surface area contributed by atoms with Crippen LogP contribution in [0.15, 0.2) is 28.2 Å². The molecule has 5 heteroatoms. The van der Waals surface area contributed by atoms with E-state index in [1.807, 2.05) is 12.2 Å². The van der Waals surface area contributed by atoms with Crippen molar-refractivity contribution in [3.63, 3.8) is 0 Å². The van der Waals surface area contributed by atoms with Crippen LogP contribution in [0.2, 0.25) is 0 Å². The van der Waals surface area contributed by atoms with Crippen LogP contribution in [-0.4, -0.2) is 28.5 Å². The number of benzene rings is 1. The van der Waals surface area contributed by atoms with Gasteiger partial charge in [-0.15, -0.1) is 0 Å². The summed E-state index contributed by atoms with van der Waals surface area (Å²) in [6.45, 7) is 0.570. The standard InChI is InChI=1S/C11H8N2O3/c14-10-7-5-8-6(2-1-3-12-8)4-9(7)13-11(10,15)16/h1-2,4-5,15-16H,3H2. The van der Waals surface area contributed by atoms with Gasteiger partial charge in [0.15, 0.2) is 0 Å². The van der Waals surface area contributed by atoms with Crippen molar-refractivity contribution in [3.05, 3.63) is 40.1 Å². The zero-order valence-corrected chi connectivity index (χ0v) is 8.21. The Morgan fingerprint density at radius 2 is 2.06 bits per heavy atom. The van der Waals surface area contributed by atoms with Gasteiger partial charge in [-0.05, 0) is 12.1 Å². The third-order valence-corrected chi connectivity index (χ3v) is 2.64. The van der Waals surface area contributed by atoms with E-state index in [1.54, 1.807) is 12.1 Å². The van der Waals surface area contributed by atoms with Gasteiger partial charge in [0.1, 0.15) is 0 Å². The van der Waals surface area contributed by atoms with Gasteiger partial charge in [0.05, 0.1) is 22.8 Å². The summed E-state index contributed by atoms with van der Waals surface area (Å²) in [5, 5.41) is 19.6. The maximum atomic E-state index is 11.6. The summed E-state index contributed by atoms with van der Waals surface area (Å²) in [5.41, 5.74) is 1.04. The second-order valence-electron chi connectivity index (χ2n) is 3.75. The van der Waals surface area contributed by atoms with Crippen molar-refractivity contribution in [2.24, 2.45) is 9.98 Å². The molecule has 0 fully saturated rings. The summed E-state index contributed by atoms with van der Waals surface area (Å²) in [7, 11) is 0. The van der Waals surface area contributed by atoms with E-state index >= 15 is 0 Å². The Kier molecular flexibility index (Phi) is 1.66. The summed E-state index contributed by atoms with van der Waals surface area (Å²) >= 11 is 0. The first kappa shape index (κ1) is 9.38. The van der Waals surface area contributed by atoms with Gasteiger partial charge in [-0.3, -0.25) is 9.79 Å². The highest BCUT2D eigenvalue weighted by molar-refractivity contribution is 6.02. The molecular weight excluding hydrogens is 208 g/mol. The highest BCUT2D eigenvalue weighted by atomic mass is 16.5. The van der Waals surface area contributed by atoms with Crippen LogP contribution < -0.4 is 10.7 Å². The van der Waals surface area contributed by atoms with E-state index in [2.05, 4.69) is 9.98 Å². The third-order valence-electron chi connectivity index (χ3n) is 2.64. The maximum Gasteiger partial charge on any atom is 0.332 e. The van der Waals surface area contributed by atoms with Crippen molar-refractivity contribution in [2.45, 2.75) is 5.91 Å². The Bertz CT molecular complexity index is 644. The molecule has 0 amide bonds. The third kappa shape index (κ3) is 1.16. The molecule has 5 nitrogen and oxygen atoms in total. The number of carbonyl (C=O) groups excluding carboxylic acids is 1. The smallest absolute Gasteiger partial charge is 0.332 e. The molecule has 1 aromatic rings. The van der Waals surface area contributed by atoms with E-state index in [1.165, 1.54) is 0 Å². The van der Waals surface area contributed by atoms with Crippen LogP contribution in [-0.2, 0) is 0 Å². The van der Waals surface area contributed by atoms with Gasteiger partial charge in [0.2, 0.25) is 5.78 Å². The lowest BCUT2D eigenvalue weighted by Crippen LogP contribution is -2.32. The molecule has 0 spiro atoms. The first-order valence-electron chi connectivity index (χ1n) is 4.82. The first-order chi connectivity index (χ1) is 7.58. The van der Waals surface area contributed by atoms with Gasteiger partial charge < -0.3 is 10.2 Å². The Morgan fingerprint density at radius 3 is 2.88 bits per heavy atom. The van der Waals surface area contributed by atoms with Gasteiger partial charge >= 0.3 is 5.91 Å². The minimum absolute atomic E-state index is 0.211. The molecule has 0 unspecified atom stereocenters. The summed E-state index contributed by atoms with van der Waals surface area (Å²) in [6.07, 6.45) is 3.76. The Hall–Kier alpha value is -1.85. The number of hydrogen-bond acceptors (Lipinski definition) is 5. The molecule has 0 saturated heterocycles. The number of rotatable bonds is 0.